The highest BCUT2D eigenvalue weighted by atomic mass is 32.1. The molecule has 1 aromatic carbocycles. The van der Waals surface area contributed by atoms with Gasteiger partial charge in [0.1, 0.15) is 5.75 Å². The number of anilines is 1. The maximum absolute atomic E-state index is 12.4. The van der Waals surface area contributed by atoms with Gasteiger partial charge >= 0.3 is 0 Å². The largest absolute Gasteiger partial charge is 0.508 e. The zero-order chi connectivity index (χ0) is 20.4. The first-order valence-corrected chi connectivity index (χ1v) is 10.4. The fourth-order valence-corrected chi connectivity index (χ4v) is 4.46. The molecule has 0 radical (unpaired) electrons. The van der Waals surface area contributed by atoms with Crippen molar-refractivity contribution in [3.63, 3.8) is 0 Å². The third-order valence-electron chi connectivity index (χ3n) is 4.96. The predicted octanol–water partition coefficient (Wildman–Crippen LogP) is 2.86. The number of para-hydroxylation sites is 1. The number of aryl methyl sites for hydroxylation is 2. The summed E-state index contributed by atoms with van der Waals surface area (Å²) in [5.74, 6) is 0.726. The first kappa shape index (κ1) is 19.3. The number of nitrogens with zero attached hydrogens (tertiary/aromatic N) is 4. The molecule has 0 saturated carbocycles. The number of phenols is 1. The molecule has 8 heteroatoms. The van der Waals surface area contributed by atoms with Gasteiger partial charge < -0.3 is 15.3 Å². The van der Waals surface area contributed by atoms with Crippen LogP contribution >= 0.6 is 11.3 Å². The molecule has 7 nitrogen and oxygen atoms in total. The zero-order valence-corrected chi connectivity index (χ0v) is 17.2. The van der Waals surface area contributed by atoms with E-state index in [1.54, 1.807) is 35.7 Å². The molecular weight excluding hydrogens is 386 g/mol. The van der Waals surface area contributed by atoms with Crippen molar-refractivity contribution < 1.29 is 9.90 Å². The Morgan fingerprint density at radius 1 is 1.28 bits per heavy atom. The lowest BCUT2D eigenvalue weighted by molar-refractivity contribution is -0.121. The van der Waals surface area contributed by atoms with Crippen LogP contribution in [0.5, 0.6) is 5.75 Å². The maximum Gasteiger partial charge on any atom is 0.225 e. The fourth-order valence-electron chi connectivity index (χ4n) is 3.57. The van der Waals surface area contributed by atoms with Gasteiger partial charge in [0.25, 0.3) is 0 Å². The van der Waals surface area contributed by atoms with Crippen molar-refractivity contribution in [1.29, 1.82) is 0 Å². The van der Waals surface area contributed by atoms with Crippen LogP contribution in [-0.2, 0) is 11.2 Å². The van der Waals surface area contributed by atoms with Crippen molar-refractivity contribution in [2.24, 2.45) is 0 Å². The van der Waals surface area contributed by atoms with Crippen molar-refractivity contribution in [2.75, 3.05) is 18.0 Å². The molecule has 3 aromatic rings. The minimum absolute atomic E-state index is 0.0352. The summed E-state index contributed by atoms with van der Waals surface area (Å²) in [4.78, 5) is 29.2. The summed E-state index contributed by atoms with van der Waals surface area (Å²) in [6, 6.07) is 8.86. The van der Waals surface area contributed by atoms with E-state index in [-0.39, 0.29) is 24.1 Å². The van der Waals surface area contributed by atoms with E-state index in [1.807, 2.05) is 26.0 Å². The van der Waals surface area contributed by atoms with Gasteiger partial charge in [-0.05, 0) is 32.4 Å². The highest BCUT2D eigenvalue weighted by Crippen LogP contribution is 2.29. The molecule has 0 spiro atoms. The number of rotatable bonds is 5. The lowest BCUT2D eigenvalue weighted by atomic mass is 10.1. The summed E-state index contributed by atoms with van der Waals surface area (Å²) < 4.78 is 0. The van der Waals surface area contributed by atoms with E-state index < -0.39 is 0 Å². The van der Waals surface area contributed by atoms with Gasteiger partial charge in [0.05, 0.1) is 27.7 Å². The first-order valence-electron chi connectivity index (χ1n) is 9.58. The third-order valence-corrected chi connectivity index (χ3v) is 6.05. The van der Waals surface area contributed by atoms with Gasteiger partial charge in [-0.1, -0.05) is 18.2 Å². The second-order valence-corrected chi connectivity index (χ2v) is 8.40. The van der Waals surface area contributed by atoms with Gasteiger partial charge in [-0.25, -0.2) is 15.0 Å². The van der Waals surface area contributed by atoms with Crippen LogP contribution in [0.2, 0.25) is 0 Å². The molecule has 0 aliphatic carbocycles. The van der Waals surface area contributed by atoms with E-state index in [0.717, 1.165) is 34.2 Å². The second kappa shape index (κ2) is 8.16. The minimum atomic E-state index is -0.0937. The van der Waals surface area contributed by atoms with Crippen molar-refractivity contribution in [3.8, 4) is 16.3 Å². The number of amides is 1. The summed E-state index contributed by atoms with van der Waals surface area (Å²) in [7, 11) is 0. The molecule has 0 bridgehead atoms. The quantitative estimate of drug-likeness (QED) is 0.673. The number of hydrogen-bond donors (Lipinski definition) is 2. The number of aromatic nitrogens is 3. The summed E-state index contributed by atoms with van der Waals surface area (Å²) in [5, 5.41) is 13.9. The van der Waals surface area contributed by atoms with Gasteiger partial charge in [0, 0.05) is 30.9 Å². The van der Waals surface area contributed by atoms with Crippen molar-refractivity contribution in [2.45, 2.75) is 32.7 Å². The number of benzene rings is 1. The van der Waals surface area contributed by atoms with Gasteiger partial charge in [-0.2, -0.15) is 0 Å². The molecule has 2 N–H and O–H groups in total. The molecule has 1 atom stereocenters. The van der Waals surface area contributed by atoms with Crippen LogP contribution in [0, 0.1) is 13.8 Å². The van der Waals surface area contributed by atoms with E-state index in [0.29, 0.717) is 18.1 Å². The Morgan fingerprint density at radius 2 is 2.10 bits per heavy atom. The molecule has 1 saturated heterocycles. The number of thiazole rings is 1. The van der Waals surface area contributed by atoms with Crippen LogP contribution in [-0.4, -0.2) is 45.1 Å². The Bertz CT molecular complexity index is 1040. The monoisotopic (exact) mass is 409 g/mol. The summed E-state index contributed by atoms with van der Waals surface area (Å²) >= 11 is 1.63. The molecule has 1 unspecified atom stereocenters. The lowest BCUT2D eigenvalue weighted by Gasteiger charge is -2.17. The molecule has 150 valence electrons. The third kappa shape index (κ3) is 4.37. The van der Waals surface area contributed by atoms with E-state index in [9.17, 15) is 9.90 Å². The SMILES string of the molecule is Cc1nc(C)c(-c2ccnc(N3CCC(NC(=O)Cc4ccccc4O)C3)n2)s1. The average molecular weight is 410 g/mol. The Morgan fingerprint density at radius 3 is 2.86 bits per heavy atom. The Hall–Kier alpha value is -3.00. The summed E-state index contributed by atoms with van der Waals surface area (Å²) in [6.07, 6.45) is 2.77. The zero-order valence-electron chi connectivity index (χ0n) is 16.4. The van der Waals surface area contributed by atoms with E-state index >= 15 is 0 Å². The predicted molar refractivity (Wildman–Crippen MR) is 113 cm³/mol. The van der Waals surface area contributed by atoms with Crippen LogP contribution in [0.1, 0.15) is 22.7 Å². The van der Waals surface area contributed by atoms with Crippen LogP contribution in [0.3, 0.4) is 0 Å². The lowest BCUT2D eigenvalue weighted by Crippen LogP contribution is -2.38. The molecule has 29 heavy (non-hydrogen) atoms. The van der Waals surface area contributed by atoms with Gasteiger partial charge in [0.15, 0.2) is 0 Å². The molecule has 3 heterocycles. The molecular formula is C21H23N5O2S. The normalized spacial score (nSPS) is 16.2. The van der Waals surface area contributed by atoms with Gasteiger partial charge in [0.2, 0.25) is 11.9 Å². The molecule has 4 rings (SSSR count). The first-order chi connectivity index (χ1) is 14.0. The minimum Gasteiger partial charge on any atom is -0.508 e. The summed E-state index contributed by atoms with van der Waals surface area (Å²) in [6.45, 7) is 5.43. The molecule has 1 amide bonds. The highest BCUT2D eigenvalue weighted by Gasteiger charge is 2.26. The van der Waals surface area contributed by atoms with Crippen LogP contribution in [0.4, 0.5) is 5.95 Å². The number of carbonyl (C=O) groups excluding carboxylic acids is 1. The number of phenolic OH excluding ortho intramolecular Hbond substituents is 1. The Labute approximate surface area is 173 Å². The van der Waals surface area contributed by atoms with Gasteiger partial charge in [-0.3, -0.25) is 4.79 Å². The van der Waals surface area contributed by atoms with Gasteiger partial charge in [-0.15, -0.1) is 11.3 Å². The topological polar surface area (TPSA) is 91.2 Å². The summed E-state index contributed by atoms with van der Waals surface area (Å²) in [5.41, 5.74) is 2.49. The Kier molecular flexibility index (Phi) is 5.44. The molecule has 1 aliphatic heterocycles. The maximum atomic E-state index is 12.4. The smallest absolute Gasteiger partial charge is 0.225 e. The van der Waals surface area contributed by atoms with Crippen LogP contribution in [0.15, 0.2) is 36.5 Å². The van der Waals surface area contributed by atoms with E-state index in [4.69, 9.17) is 4.98 Å². The second-order valence-electron chi connectivity index (χ2n) is 7.19. The molecule has 2 aromatic heterocycles. The van der Waals surface area contributed by atoms with E-state index in [2.05, 4.69) is 20.2 Å². The van der Waals surface area contributed by atoms with Crippen LogP contribution < -0.4 is 10.2 Å². The number of hydrogen-bond acceptors (Lipinski definition) is 7. The highest BCUT2D eigenvalue weighted by molar-refractivity contribution is 7.15. The standard InChI is InChI=1S/C21H23N5O2S/c1-13-20(29-14(2)23-13)17-7-9-22-21(25-17)26-10-8-16(12-26)24-19(28)11-15-5-3-4-6-18(15)27/h3-7,9,16,27H,8,10-12H2,1-2H3,(H,24,28). The van der Waals surface area contributed by atoms with Crippen molar-refractivity contribution in [1.82, 2.24) is 20.3 Å². The van der Waals surface area contributed by atoms with Crippen LogP contribution in [0.25, 0.3) is 10.6 Å². The fraction of sp³-hybridized carbons (Fsp3) is 0.333. The number of carbonyl (C=O) groups is 1. The molecule has 1 aliphatic rings. The Balaban J connectivity index is 1.40. The van der Waals surface area contributed by atoms with Crippen molar-refractivity contribution in [3.05, 3.63) is 52.8 Å². The number of aromatic hydroxyl groups is 1. The van der Waals surface area contributed by atoms with Crippen molar-refractivity contribution >= 4 is 23.2 Å². The average Bonchev–Trinajstić information content (AvgIpc) is 3.29. The number of nitrogens with one attached hydrogen (secondary N) is 1. The van der Waals surface area contributed by atoms with E-state index in [1.165, 1.54) is 0 Å². The molecule has 1 fully saturated rings.